The quantitative estimate of drug-likeness (QED) is 0.605. The fraction of sp³-hybridized carbons (Fsp3) is 0.714. The van der Waals surface area contributed by atoms with Crippen molar-refractivity contribution in [2.24, 2.45) is 11.7 Å². The zero-order valence-electron chi connectivity index (χ0n) is 5.89. The molecule has 2 nitrogen and oxygen atoms in total. The summed E-state index contributed by atoms with van der Waals surface area (Å²) in [4.78, 5) is 10.4. The molecule has 1 amide bonds. The number of carbonyl (C=O) groups is 1. The highest BCUT2D eigenvalue weighted by Crippen LogP contribution is 2.04. The average molecular weight is 128 g/mol. The van der Waals surface area contributed by atoms with Gasteiger partial charge in [-0.05, 0) is 13.3 Å². The molecule has 0 aromatic carbocycles. The van der Waals surface area contributed by atoms with Gasteiger partial charge in [0.25, 0.3) is 0 Å². The maximum atomic E-state index is 10.4. The molecule has 0 aromatic rings. The normalized spacial score (nSPS) is 13.1. The Bertz CT molecular complexity index is 90.9. The van der Waals surface area contributed by atoms with E-state index in [1.807, 2.05) is 0 Å². The van der Waals surface area contributed by atoms with Crippen molar-refractivity contribution in [3.05, 3.63) is 6.92 Å². The molecule has 0 aliphatic rings. The molecule has 53 valence electrons. The number of carbonyl (C=O) groups excluding carboxylic acids is 1. The first-order chi connectivity index (χ1) is 4.18. The van der Waals surface area contributed by atoms with Gasteiger partial charge in [-0.25, -0.2) is 0 Å². The van der Waals surface area contributed by atoms with Crippen LogP contribution in [0.3, 0.4) is 0 Å². The van der Waals surface area contributed by atoms with Crippen LogP contribution >= 0.6 is 0 Å². The second-order valence-corrected chi connectivity index (χ2v) is 2.24. The Morgan fingerprint density at radius 3 is 2.67 bits per heavy atom. The Hall–Kier alpha value is -0.530. The highest BCUT2D eigenvalue weighted by atomic mass is 16.1. The second-order valence-electron chi connectivity index (χ2n) is 2.24. The van der Waals surface area contributed by atoms with Crippen molar-refractivity contribution in [3.63, 3.8) is 0 Å². The fourth-order valence-corrected chi connectivity index (χ4v) is 0.593. The third kappa shape index (κ3) is 4.01. The number of hydrogen-bond donors (Lipinski definition) is 1. The van der Waals surface area contributed by atoms with Crippen LogP contribution in [0.15, 0.2) is 0 Å². The first kappa shape index (κ1) is 8.47. The smallest absolute Gasteiger partial charge is 0.220 e. The lowest BCUT2D eigenvalue weighted by Crippen LogP contribution is -2.20. The number of rotatable bonds is 4. The Morgan fingerprint density at radius 1 is 1.78 bits per heavy atom. The number of amides is 1. The SMILES string of the molecule is [CH2]C(CCCC)C(N)=O. The van der Waals surface area contributed by atoms with Crippen molar-refractivity contribution < 1.29 is 4.79 Å². The van der Waals surface area contributed by atoms with Gasteiger partial charge < -0.3 is 5.73 Å². The van der Waals surface area contributed by atoms with E-state index >= 15 is 0 Å². The van der Waals surface area contributed by atoms with E-state index in [-0.39, 0.29) is 11.8 Å². The van der Waals surface area contributed by atoms with E-state index in [1.165, 1.54) is 0 Å². The molecule has 0 saturated heterocycles. The van der Waals surface area contributed by atoms with Gasteiger partial charge in [-0.1, -0.05) is 19.8 Å². The molecule has 0 aliphatic heterocycles. The minimum Gasteiger partial charge on any atom is -0.369 e. The summed E-state index contributed by atoms with van der Waals surface area (Å²) in [6.45, 7) is 5.68. The van der Waals surface area contributed by atoms with Gasteiger partial charge in [-0.15, -0.1) is 0 Å². The van der Waals surface area contributed by atoms with Crippen LogP contribution in [0.25, 0.3) is 0 Å². The summed E-state index contributed by atoms with van der Waals surface area (Å²) >= 11 is 0. The van der Waals surface area contributed by atoms with Crippen molar-refractivity contribution in [1.82, 2.24) is 0 Å². The number of primary amides is 1. The summed E-state index contributed by atoms with van der Waals surface area (Å²) in [5.41, 5.74) is 4.98. The minimum atomic E-state index is -0.288. The highest BCUT2D eigenvalue weighted by molar-refractivity contribution is 5.77. The predicted molar refractivity (Wildman–Crippen MR) is 37.6 cm³/mol. The van der Waals surface area contributed by atoms with Gasteiger partial charge in [0.1, 0.15) is 0 Å². The van der Waals surface area contributed by atoms with E-state index in [0.29, 0.717) is 0 Å². The van der Waals surface area contributed by atoms with Crippen LogP contribution in [0.4, 0.5) is 0 Å². The molecule has 0 saturated carbocycles. The number of nitrogens with two attached hydrogens (primary N) is 1. The van der Waals surface area contributed by atoms with Crippen molar-refractivity contribution in [1.29, 1.82) is 0 Å². The van der Waals surface area contributed by atoms with Crippen molar-refractivity contribution in [2.45, 2.75) is 26.2 Å². The molecule has 1 atom stereocenters. The van der Waals surface area contributed by atoms with Crippen LogP contribution in [-0.4, -0.2) is 5.91 Å². The Kier molecular flexibility index (Phi) is 4.10. The first-order valence-corrected chi connectivity index (χ1v) is 3.31. The minimum absolute atomic E-state index is 0.190. The third-order valence-electron chi connectivity index (χ3n) is 1.31. The van der Waals surface area contributed by atoms with Crippen LogP contribution in [0, 0.1) is 12.8 Å². The standard InChI is InChI=1S/C7H14NO/c1-3-4-5-6(2)7(8)9/h6H,2-5H2,1H3,(H2,8,9). The van der Waals surface area contributed by atoms with Crippen LogP contribution in [-0.2, 0) is 4.79 Å². The zero-order chi connectivity index (χ0) is 7.28. The summed E-state index contributed by atoms with van der Waals surface area (Å²) in [5, 5.41) is 0. The van der Waals surface area contributed by atoms with Crippen LogP contribution < -0.4 is 5.73 Å². The summed E-state index contributed by atoms with van der Waals surface area (Å²) < 4.78 is 0. The molecular formula is C7H14NO. The predicted octanol–water partition coefficient (Wildman–Crippen LogP) is 1.11. The topological polar surface area (TPSA) is 43.1 Å². The van der Waals surface area contributed by atoms with E-state index in [1.54, 1.807) is 0 Å². The summed E-state index contributed by atoms with van der Waals surface area (Å²) in [6.07, 6.45) is 2.96. The van der Waals surface area contributed by atoms with Crippen molar-refractivity contribution in [3.8, 4) is 0 Å². The summed E-state index contributed by atoms with van der Waals surface area (Å²) in [7, 11) is 0. The van der Waals surface area contributed by atoms with Crippen molar-refractivity contribution >= 4 is 5.91 Å². The molecule has 9 heavy (non-hydrogen) atoms. The van der Waals surface area contributed by atoms with Gasteiger partial charge in [0.05, 0.1) is 0 Å². The van der Waals surface area contributed by atoms with Crippen molar-refractivity contribution in [2.75, 3.05) is 0 Å². The lowest BCUT2D eigenvalue weighted by molar-refractivity contribution is -0.120. The molecule has 0 spiro atoms. The Balaban J connectivity index is 3.27. The molecule has 2 N–H and O–H groups in total. The van der Waals surface area contributed by atoms with Crippen LogP contribution in [0.2, 0.25) is 0 Å². The maximum Gasteiger partial charge on any atom is 0.220 e. The molecule has 0 rings (SSSR count). The third-order valence-corrected chi connectivity index (χ3v) is 1.31. The largest absolute Gasteiger partial charge is 0.369 e. The van der Waals surface area contributed by atoms with E-state index in [0.717, 1.165) is 19.3 Å². The monoisotopic (exact) mass is 128 g/mol. The van der Waals surface area contributed by atoms with Gasteiger partial charge >= 0.3 is 0 Å². The van der Waals surface area contributed by atoms with Gasteiger partial charge in [0, 0.05) is 5.92 Å². The Morgan fingerprint density at radius 2 is 2.33 bits per heavy atom. The lowest BCUT2D eigenvalue weighted by Gasteiger charge is -2.03. The second kappa shape index (κ2) is 4.36. The highest BCUT2D eigenvalue weighted by Gasteiger charge is 2.05. The fourth-order valence-electron chi connectivity index (χ4n) is 0.593. The molecule has 1 radical (unpaired) electrons. The summed E-state index contributed by atoms with van der Waals surface area (Å²) in [5.74, 6) is -0.478. The van der Waals surface area contributed by atoms with E-state index in [4.69, 9.17) is 5.73 Å². The molecule has 0 aromatic heterocycles. The van der Waals surface area contributed by atoms with Gasteiger partial charge in [-0.2, -0.15) is 0 Å². The van der Waals surface area contributed by atoms with Gasteiger partial charge in [0.15, 0.2) is 0 Å². The Labute approximate surface area is 56.4 Å². The molecule has 0 aliphatic carbocycles. The van der Waals surface area contributed by atoms with E-state index in [9.17, 15) is 4.79 Å². The molecule has 1 unspecified atom stereocenters. The van der Waals surface area contributed by atoms with Crippen LogP contribution in [0.5, 0.6) is 0 Å². The average Bonchev–Trinajstić information content (AvgIpc) is 1.82. The lowest BCUT2D eigenvalue weighted by atomic mass is 10.0. The molecule has 2 heteroatoms. The number of unbranched alkanes of at least 4 members (excludes halogenated alkanes) is 1. The van der Waals surface area contributed by atoms with Gasteiger partial charge in [0.2, 0.25) is 5.91 Å². The molecule has 0 fully saturated rings. The summed E-state index contributed by atoms with van der Waals surface area (Å²) in [6, 6.07) is 0. The van der Waals surface area contributed by atoms with E-state index < -0.39 is 0 Å². The first-order valence-electron chi connectivity index (χ1n) is 3.31. The maximum absolute atomic E-state index is 10.4. The van der Waals surface area contributed by atoms with E-state index in [2.05, 4.69) is 13.8 Å². The number of hydrogen-bond acceptors (Lipinski definition) is 1. The van der Waals surface area contributed by atoms with Gasteiger partial charge in [-0.3, -0.25) is 4.79 Å². The zero-order valence-corrected chi connectivity index (χ0v) is 5.89. The molecular weight excluding hydrogens is 114 g/mol. The molecule has 0 heterocycles. The van der Waals surface area contributed by atoms with Crippen LogP contribution in [0.1, 0.15) is 26.2 Å². The molecule has 0 bridgehead atoms.